The Hall–Kier alpha value is -4.77. The van der Waals surface area contributed by atoms with E-state index in [1.165, 1.54) is 5.39 Å². The lowest BCUT2D eigenvalue weighted by Crippen LogP contribution is -2.17. The van der Waals surface area contributed by atoms with E-state index in [0.29, 0.717) is 5.56 Å². The Morgan fingerprint density at radius 1 is 0.588 bits per heavy atom. The van der Waals surface area contributed by atoms with Crippen LogP contribution in [0.5, 0.6) is 0 Å². The molecule has 0 heterocycles. The lowest BCUT2D eigenvalue weighted by Gasteiger charge is -2.04. The van der Waals surface area contributed by atoms with Gasteiger partial charge in [0.15, 0.2) is 0 Å². The third-order valence-electron chi connectivity index (χ3n) is 5.56. The molecule has 0 bridgehead atoms. The Balaban J connectivity index is 1.21. The first-order chi connectivity index (χ1) is 16.8. The van der Waals surface area contributed by atoms with Crippen molar-refractivity contribution in [2.75, 3.05) is 5.43 Å². The molecule has 0 atom stereocenters. The van der Waals surface area contributed by atoms with E-state index in [1.54, 1.807) is 24.6 Å². The molecule has 0 aromatic heterocycles. The van der Waals surface area contributed by atoms with Crippen molar-refractivity contribution in [3.05, 3.63) is 126 Å². The first kappa shape index (κ1) is 21.1. The van der Waals surface area contributed by atoms with E-state index in [-0.39, 0.29) is 5.91 Å². The minimum Gasteiger partial charge on any atom is -0.279 e. The van der Waals surface area contributed by atoms with Gasteiger partial charge < -0.3 is 0 Å². The minimum atomic E-state index is -0.276. The van der Waals surface area contributed by atoms with Crippen LogP contribution in [0.4, 0.5) is 5.69 Å². The van der Waals surface area contributed by atoms with Gasteiger partial charge in [-0.25, -0.2) is 5.43 Å². The number of hydrogen-bond donors (Lipinski definition) is 2. The molecule has 5 nitrogen and oxygen atoms in total. The number of rotatable bonds is 6. The molecule has 5 aromatic carbocycles. The predicted octanol–water partition coefficient (Wildman–Crippen LogP) is 6.20. The molecule has 164 valence electrons. The molecule has 34 heavy (non-hydrogen) atoms. The van der Waals surface area contributed by atoms with Crippen LogP contribution >= 0.6 is 0 Å². The smallest absolute Gasteiger partial charge is 0.271 e. The molecule has 5 rings (SSSR count). The summed E-state index contributed by atoms with van der Waals surface area (Å²) in [6.45, 7) is 0. The van der Waals surface area contributed by atoms with Crippen molar-refractivity contribution in [3.63, 3.8) is 0 Å². The molecule has 0 saturated heterocycles. The zero-order chi connectivity index (χ0) is 23.2. The van der Waals surface area contributed by atoms with Gasteiger partial charge >= 0.3 is 0 Å². The van der Waals surface area contributed by atoms with Gasteiger partial charge in [-0.05, 0) is 45.8 Å². The standard InChI is InChI=1S/C29H22N4O/c34-29(33-31-20-25-12-6-10-22-8-2-4-14-28(22)25)23-15-17-26(18-16-23)32-30-19-24-11-5-9-21-7-1-3-13-27(21)24/h1-20,32H,(H,33,34)/b30-19+,31-20+. The van der Waals surface area contributed by atoms with Crippen molar-refractivity contribution >= 4 is 45.6 Å². The third kappa shape index (κ3) is 4.69. The summed E-state index contributed by atoms with van der Waals surface area (Å²) < 4.78 is 0. The van der Waals surface area contributed by atoms with Gasteiger partial charge in [-0.1, -0.05) is 84.9 Å². The molecule has 0 aliphatic carbocycles. The van der Waals surface area contributed by atoms with Crippen LogP contribution in [-0.4, -0.2) is 18.3 Å². The monoisotopic (exact) mass is 442 g/mol. The van der Waals surface area contributed by atoms with Crippen molar-refractivity contribution in [1.29, 1.82) is 0 Å². The lowest BCUT2D eigenvalue weighted by molar-refractivity contribution is 0.0955. The fourth-order valence-electron chi connectivity index (χ4n) is 3.82. The van der Waals surface area contributed by atoms with Gasteiger partial charge in [-0.15, -0.1) is 0 Å². The Morgan fingerprint density at radius 2 is 1.12 bits per heavy atom. The third-order valence-corrected chi connectivity index (χ3v) is 5.56. The number of fused-ring (bicyclic) bond motifs is 2. The van der Waals surface area contributed by atoms with Crippen LogP contribution in [0, 0.1) is 0 Å². The number of nitrogens with one attached hydrogen (secondary N) is 2. The van der Waals surface area contributed by atoms with E-state index in [1.807, 2.05) is 78.9 Å². The molecule has 0 aliphatic rings. The fraction of sp³-hybridized carbons (Fsp3) is 0. The highest BCUT2D eigenvalue weighted by molar-refractivity contribution is 6.01. The van der Waals surface area contributed by atoms with Gasteiger partial charge in [0, 0.05) is 16.7 Å². The highest BCUT2D eigenvalue weighted by atomic mass is 16.2. The maximum atomic E-state index is 12.5. The zero-order valence-corrected chi connectivity index (χ0v) is 18.3. The molecule has 0 unspecified atom stereocenters. The van der Waals surface area contributed by atoms with Gasteiger partial charge in [0.1, 0.15) is 0 Å². The Bertz CT molecular complexity index is 1510. The molecule has 0 saturated carbocycles. The maximum absolute atomic E-state index is 12.5. The second kappa shape index (κ2) is 9.79. The molecule has 0 radical (unpaired) electrons. The average molecular weight is 443 g/mol. The van der Waals surface area contributed by atoms with Gasteiger partial charge in [0.2, 0.25) is 0 Å². The summed E-state index contributed by atoms with van der Waals surface area (Å²) in [4.78, 5) is 12.5. The van der Waals surface area contributed by atoms with Crippen LogP contribution in [-0.2, 0) is 0 Å². The minimum absolute atomic E-state index is 0.276. The van der Waals surface area contributed by atoms with Crippen molar-refractivity contribution in [1.82, 2.24) is 5.43 Å². The van der Waals surface area contributed by atoms with Crippen LogP contribution in [0.25, 0.3) is 21.5 Å². The second-order valence-corrected chi connectivity index (χ2v) is 7.78. The van der Waals surface area contributed by atoms with Crippen molar-refractivity contribution in [2.24, 2.45) is 10.2 Å². The molecular formula is C29H22N4O. The lowest BCUT2D eigenvalue weighted by atomic mass is 10.1. The summed E-state index contributed by atoms with van der Waals surface area (Å²) in [5.74, 6) is -0.276. The number of hydrazone groups is 2. The van der Waals surface area contributed by atoms with E-state index in [9.17, 15) is 4.79 Å². The summed E-state index contributed by atoms with van der Waals surface area (Å²) >= 11 is 0. The van der Waals surface area contributed by atoms with Gasteiger partial charge in [-0.3, -0.25) is 10.2 Å². The highest BCUT2D eigenvalue weighted by Crippen LogP contribution is 2.18. The topological polar surface area (TPSA) is 65.8 Å². The van der Waals surface area contributed by atoms with E-state index in [0.717, 1.165) is 33.0 Å². The van der Waals surface area contributed by atoms with Crippen molar-refractivity contribution in [2.45, 2.75) is 0 Å². The molecule has 0 spiro atoms. The summed E-state index contributed by atoms with van der Waals surface area (Å²) in [7, 11) is 0. The fourth-order valence-corrected chi connectivity index (χ4v) is 3.82. The Kier molecular flexibility index (Phi) is 6.08. The maximum Gasteiger partial charge on any atom is 0.271 e. The summed E-state index contributed by atoms with van der Waals surface area (Å²) in [6.07, 6.45) is 3.46. The molecule has 5 heteroatoms. The van der Waals surface area contributed by atoms with Crippen LogP contribution in [0.2, 0.25) is 0 Å². The van der Waals surface area contributed by atoms with Gasteiger partial charge in [0.25, 0.3) is 5.91 Å². The molecule has 0 fully saturated rings. The van der Waals surface area contributed by atoms with Crippen LogP contribution < -0.4 is 10.9 Å². The summed E-state index contributed by atoms with van der Waals surface area (Å²) in [5, 5.41) is 13.0. The van der Waals surface area contributed by atoms with Crippen molar-refractivity contribution in [3.8, 4) is 0 Å². The Morgan fingerprint density at radius 3 is 1.74 bits per heavy atom. The zero-order valence-electron chi connectivity index (χ0n) is 18.3. The van der Waals surface area contributed by atoms with Crippen LogP contribution in [0.3, 0.4) is 0 Å². The molecular weight excluding hydrogens is 420 g/mol. The average Bonchev–Trinajstić information content (AvgIpc) is 2.89. The number of amides is 1. The SMILES string of the molecule is O=C(N/N=C/c1cccc2ccccc12)c1ccc(N/N=C/c2cccc3ccccc23)cc1. The van der Waals surface area contributed by atoms with Gasteiger partial charge in [0.05, 0.1) is 18.1 Å². The summed E-state index contributed by atoms with van der Waals surface area (Å²) in [6, 6.07) is 35.5. The van der Waals surface area contributed by atoms with Gasteiger partial charge in [-0.2, -0.15) is 10.2 Å². The molecule has 1 amide bonds. The van der Waals surface area contributed by atoms with E-state index < -0.39 is 0 Å². The molecule has 0 aliphatic heterocycles. The number of carbonyl (C=O) groups excluding carboxylic acids is 1. The number of benzene rings is 5. The summed E-state index contributed by atoms with van der Waals surface area (Å²) in [5.41, 5.74) is 8.88. The highest BCUT2D eigenvalue weighted by Gasteiger charge is 2.04. The normalized spacial score (nSPS) is 11.4. The predicted molar refractivity (Wildman–Crippen MR) is 141 cm³/mol. The molecule has 2 N–H and O–H groups in total. The van der Waals surface area contributed by atoms with E-state index in [4.69, 9.17) is 0 Å². The second-order valence-electron chi connectivity index (χ2n) is 7.78. The van der Waals surface area contributed by atoms with E-state index in [2.05, 4.69) is 39.3 Å². The van der Waals surface area contributed by atoms with Crippen LogP contribution in [0.15, 0.2) is 119 Å². The Labute approximate surface area is 197 Å². The first-order valence-electron chi connectivity index (χ1n) is 11.0. The quantitative estimate of drug-likeness (QED) is 0.243. The number of carbonyl (C=O) groups is 1. The number of hydrogen-bond acceptors (Lipinski definition) is 4. The largest absolute Gasteiger partial charge is 0.279 e. The number of nitrogens with zero attached hydrogens (tertiary/aromatic N) is 2. The number of anilines is 1. The first-order valence-corrected chi connectivity index (χ1v) is 11.0. The van der Waals surface area contributed by atoms with Crippen molar-refractivity contribution < 1.29 is 4.79 Å². The van der Waals surface area contributed by atoms with E-state index >= 15 is 0 Å². The molecule has 5 aromatic rings. The van der Waals surface area contributed by atoms with Crippen LogP contribution in [0.1, 0.15) is 21.5 Å².